The molecule has 1 aromatic heterocycles. The van der Waals surface area contributed by atoms with Crippen molar-refractivity contribution >= 4 is 10.9 Å². The average Bonchev–Trinajstić information content (AvgIpc) is 2.65. The van der Waals surface area contributed by atoms with Crippen molar-refractivity contribution in [2.75, 3.05) is 28.4 Å². The lowest BCUT2D eigenvalue weighted by atomic mass is 9.99. The molecular formula is C20H21NO4. The third-order valence-corrected chi connectivity index (χ3v) is 4.16. The van der Waals surface area contributed by atoms with Crippen molar-refractivity contribution in [3.8, 4) is 34.1 Å². The van der Waals surface area contributed by atoms with E-state index >= 15 is 0 Å². The van der Waals surface area contributed by atoms with Gasteiger partial charge in [-0.15, -0.1) is 0 Å². The highest BCUT2D eigenvalue weighted by Crippen LogP contribution is 2.43. The van der Waals surface area contributed by atoms with Gasteiger partial charge in [-0.3, -0.25) is 0 Å². The Balaban J connectivity index is 2.30. The zero-order chi connectivity index (χ0) is 18.0. The van der Waals surface area contributed by atoms with Gasteiger partial charge in [-0.1, -0.05) is 6.07 Å². The van der Waals surface area contributed by atoms with Gasteiger partial charge in [-0.05, 0) is 48.4 Å². The molecular weight excluding hydrogens is 318 g/mol. The molecule has 0 unspecified atom stereocenters. The molecule has 0 bridgehead atoms. The van der Waals surface area contributed by atoms with Crippen LogP contribution >= 0.6 is 0 Å². The van der Waals surface area contributed by atoms with Crippen molar-refractivity contribution in [2.24, 2.45) is 0 Å². The quantitative estimate of drug-likeness (QED) is 0.696. The van der Waals surface area contributed by atoms with E-state index in [1.807, 2.05) is 37.3 Å². The zero-order valence-corrected chi connectivity index (χ0v) is 15.0. The highest BCUT2D eigenvalue weighted by Gasteiger charge is 2.16. The summed E-state index contributed by atoms with van der Waals surface area (Å²) in [5, 5.41) is 0.999. The van der Waals surface area contributed by atoms with Crippen molar-refractivity contribution in [1.29, 1.82) is 0 Å². The van der Waals surface area contributed by atoms with E-state index in [1.165, 1.54) is 0 Å². The van der Waals surface area contributed by atoms with Gasteiger partial charge < -0.3 is 18.9 Å². The van der Waals surface area contributed by atoms with Crippen LogP contribution in [0.2, 0.25) is 0 Å². The second-order valence-electron chi connectivity index (χ2n) is 5.58. The van der Waals surface area contributed by atoms with Crippen molar-refractivity contribution in [3.63, 3.8) is 0 Å². The summed E-state index contributed by atoms with van der Waals surface area (Å²) in [6.45, 7) is 1.96. The molecule has 3 rings (SSSR count). The second-order valence-corrected chi connectivity index (χ2v) is 5.58. The van der Waals surface area contributed by atoms with Crippen LogP contribution in [-0.4, -0.2) is 33.4 Å². The van der Waals surface area contributed by atoms with E-state index in [0.717, 1.165) is 33.5 Å². The standard InChI is InChI=1S/C20H21NO4/c1-12-6-7-15-14(8-9-16(22-2)19(15)21-12)13-10-17(23-3)20(25-5)18(11-13)24-4/h6-11H,1-5H3. The van der Waals surface area contributed by atoms with E-state index in [1.54, 1.807) is 28.4 Å². The van der Waals surface area contributed by atoms with E-state index in [4.69, 9.17) is 18.9 Å². The Kier molecular flexibility index (Phi) is 4.65. The topological polar surface area (TPSA) is 49.8 Å². The van der Waals surface area contributed by atoms with E-state index in [-0.39, 0.29) is 0 Å². The van der Waals surface area contributed by atoms with Gasteiger partial charge in [0, 0.05) is 11.1 Å². The van der Waals surface area contributed by atoms with Gasteiger partial charge in [0.05, 0.1) is 28.4 Å². The third kappa shape index (κ3) is 2.93. The molecule has 0 N–H and O–H groups in total. The van der Waals surface area contributed by atoms with Gasteiger partial charge >= 0.3 is 0 Å². The predicted molar refractivity (Wildman–Crippen MR) is 98.1 cm³/mol. The lowest BCUT2D eigenvalue weighted by Crippen LogP contribution is -1.96. The van der Waals surface area contributed by atoms with E-state index < -0.39 is 0 Å². The van der Waals surface area contributed by atoms with Gasteiger partial charge in [-0.2, -0.15) is 0 Å². The fourth-order valence-corrected chi connectivity index (χ4v) is 2.94. The van der Waals surface area contributed by atoms with E-state index in [2.05, 4.69) is 11.1 Å². The molecule has 130 valence electrons. The van der Waals surface area contributed by atoms with E-state index in [0.29, 0.717) is 17.2 Å². The summed E-state index contributed by atoms with van der Waals surface area (Å²) < 4.78 is 21.8. The number of ether oxygens (including phenoxy) is 4. The number of pyridine rings is 1. The van der Waals surface area contributed by atoms with Crippen LogP contribution in [0.5, 0.6) is 23.0 Å². The first-order valence-corrected chi connectivity index (χ1v) is 7.87. The zero-order valence-electron chi connectivity index (χ0n) is 15.0. The van der Waals surface area contributed by atoms with Crippen LogP contribution in [-0.2, 0) is 0 Å². The molecule has 0 amide bonds. The number of aryl methyl sites for hydroxylation is 1. The lowest BCUT2D eigenvalue weighted by Gasteiger charge is -2.16. The first kappa shape index (κ1) is 16.9. The van der Waals surface area contributed by atoms with Gasteiger partial charge in [0.15, 0.2) is 11.5 Å². The third-order valence-electron chi connectivity index (χ3n) is 4.16. The Morgan fingerprint density at radius 1 is 0.720 bits per heavy atom. The molecule has 3 aromatic rings. The largest absolute Gasteiger partial charge is 0.494 e. The summed E-state index contributed by atoms with van der Waals surface area (Å²) in [6.07, 6.45) is 0. The Hall–Kier alpha value is -2.95. The minimum Gasteiger partial charge on any atom is -0.494 e. The number of methoxy groups -OCH3 is 4. The van der Waals surface area contributed by atoms with Gasteiger partial charge in [0.2, 0.25) is 5.75 Å². The van der Waals surface area contributed by atoms with Crippen molar-refractivity contribution in [3.05, 3.63) is 42.1 Å². The molecule has 25 heavy (non-hydrogen) atoms. The summed E-state index contributed by atoms with van der Waals surface area (Å²) in [7, 11) is 6.46. The Labute approximate surface area is 147 Å². The Morgan fingerprint density at radius 2 is 1.36 bits per heavy atom. The van der Waals surface area contributed by atoms with Crippen molar-refractivity contribution in [2.45, 2.75) is 6.92 Å². The highest BCUT2D eigenvalue weighted by molar-refractivity contribution is 5.98. The van der Waals surface area contributed by atoms with Crippen LogP contribution in [0.15, 0.2) is 36.4 Å². The van der Waals surface area contributed by atoms with Gasteiger partial charge in [-0.25, -0.2) is 4.98 Å². The summed E-state index contributed by atoms with van der Waals surface area (Å²) in [5.41, 5.74) is 3.73. The van der Waals surface area contributed by atoms with Gasteiger partial charge in [0.25, 0.3) is 0 Å². The summed E-state index contributed by atoms with van der Waals surface area (Å²) >= 11 is 0. The molecule has 2 aromatic carbocycles. The van der Waals surface area contributed by atoms with E-state index in [9.17, 15) is 0 Å². The normalized spacial score (nSPS) is 10.6. The summed E-state index contributed by atoms with van der Waals surface area (Å²) in [5.74, 6) is 2.54. The SMILES string of the molecule is COc1cc(-c2ccc(OC)c3nc(C)ccc23)cc(OC)c1OC. The molecule has 0 fully saturated rings. The molecule has 0 spiro atoms. The molecule has 0 aliphatic heterocycles. The van der Waals surface area contributed by atoms with Crippen LogP contribution < -0.4 is 18.9 Å². The van der Waals surface area contributed by atoms with Crippen LogP contribution in [0.25, 0.3) is 22.0 Å². The molecule has 0 aliphatic carbocycles. The maximum absolute atomic E-state index is 5.47. The minimum absolute atomic E-state index is 0.570. The van der Waals surface area contributed by atoms with Crippen LogP contribution in [0.4, 0.5) is 0 Å². The number of rotatable bonds is 5. The number of hydrogen-bond acceptors (Lipinski definition) is 5. The van der Waals surface area contributed by atoms with Crippen LogP contribution in [0.1, 0.15) is 5.69 Å². The minimum atomic E-state index is 0.570. The monoisotopic (exact) mass is 339 g/mol. The lowest BCUT2D eigenvalue weighted by molar-refractivity contribution is 0.324. The summed E-state index contributed by atoms with van der Waals surface area (Å²) in [6, 6.07) is 11.8. The fraction of sp³-hybridized carbons (Fsp3) is 0.250. The second kappa shape index (κ2) is 6.89. The Morgan fingerprint density at radius 3 is 1.92 bits per heavy atom. The van der Waals surface area contributed by atoms with Gasteiger partial charge in [0.1, 0.15) is 11.3 Å². The number of aromatic nitrogens is 1. The molecule has 5 heteroatoms. The smallest absolute Gasteiger partial charge is 0.203 e. The van der Waals surface area contributed by atoms with Crippen LogP contribution in [0, 0.1) is 6.92 Å². The number of nitrogens with zero attached hydrogens (tertiary/aromatic N) is 1. The van der Waals surface area contributed by atoms with Crippen LogP contribution in [0.3, 0.4) is 0 Å². The number of fused-ring (bicyclic) bond motifs is 1. The molecule has 0 saturated carbocycles. The first-order valence-electron chi connectivity index (χ1n) is 7.87. The molecule has 5 nitrogen and oxygen atoms in total. The molecule has 0 saturated heterocycles. The predicted octanol–water partition coefficient (Wildman–Crippen LogP) is 4.24. The maximum atomic E-state index is 5.47. The average molecular weight is 339 g/mol. The first-order chi connectivity index (χ1) is 12.1. The summed E-state index contributed by atoms with van der Waals surface area (Å²) in [4.78, 5) is 4.64. The molecule has 0 radical (unpaired) electrons. The molecule has 0 aliphatic rings. The number of hydrogen-bond donors (Lipinski definition) is 0. The van der Waals surface area contributed by atoms with Crippen molar-refractivity contribution < 1.29 is 18.9 Å². The molecule has 0 atom stereocenters. The highest BCUT2D eigenvalue weighted by atomic mass is 16.5. The van der Waals surface area contributed by atoms with Crippen molar-refractivity contribution in [1.82, 2.24) is 4.98 Å². The fourth-order valence-electron chi connectivity index (χ4n) is 2.94. The molecule has 1 heterocycles. The maximum Gasteiger partial charge on any atom is 0.203 e. The Bertz CT molecular complexity index is 896. The number of benzene rings is 2.